The van der Waals surface area contributed by atoms with Crippen molar-refractivity contribution in [3.63, 3.8) is 0 Å². The number of rotatable bonds is 8. The number of aromatic nitrogens is 3. The van der Waals surface area contributed by atoms with Crippen LogP contribution >= 0.6 is 11.8 Å². The van der Waals surface area contributed by atoms with Crippen LogP contribution in [-0.2, 0) is 10.5 Å². The van der Waals surface area contributed by atoms with E-state index < -0.39 is 11.0 Å². The molecule has 1 aliphatic rings. The Hall–Kier alpha value is -4.84. The molecule has 0 aliphatic carbocycles. The van der Waals surface area contributed by atoms with Gasteiger partial charge in [-0.25, -0.2) is 4.68 Å². The van der Waals surface area contributed by atoms with Gasteiger partial charge in [-0.05, 0) is 42.3 Å². The zero-order chi connectivity index (χ0) is 27.5. The van der Waals surface area contributed by atoms with Crippen molar-refractivity contribution in [2.75, 3.05) is 17.7 Å². The Balaban J connectivity index is 1.46. The molecule has 39 heavy (non-hydrogen) atoms. The number of non-ortho nitro benzene ring substituents is 1. The van der Waals surface area contributed by atoms with Crippen LogP contribution in [0.15, 0.2) is 89.2 Å². The number of hydrogen-bond acceptors (Lipinski definition) is 9. The molecule has 1 aliphatic heterocycles. The summed E-state index contributed by atoms with van der Waals surface area (Å²) in [6.07, 6.45) is 0. The number of benzene rings is 3. The molecule has 11 nitrogen and oxygen atoms in total. The third-order valence-electron chi connectivity index (χ3n) is 6.13. The summed E-state index contributed by atoms with van der Waals surface area (Å²) >= 11 is 1.36. The van der Waals surface area contributed by atoms with Gasteiger partial charge in [0, 0.05) is 23.6 Å². The summed E-state index contributed by atoms with van der Waals surface area (Å²) in [7, 11) is 1.53. The Morgan fingerprint density at radius 1 is 1.18 bits per heavy atom. The van der Waals surface area contributed by atoms with E-state index in [2.05, 4.69) is 20.7 Å². The third kappa shape index (κ3) is 5.41. The topological polar surface area (TPSA) is 144 Å². The second kappa shape index (κ2) is 10.9. The van der Waals surface area contributed by atoms with Crippen molar-refractivity contribution in [3.05, 3.63) is 105 Å². The Morgan fingerprint density at radius 2 is 1.95 bits per heavy atom. The maximum atomic E-state index is 13.7. The second-order valence-corrected chi connectivity index (χ2v) is 9.63. The lowest BCUT2D eigenvalue weighted by atomic mass is 9.95. The summed E-state index contributed by atoms with van der Waals surface area (Å²) in [4.78, 5) is 28.8. The first-order valence-electron chi connectivity index (χ1n) is 11.9. The van der Waals surface area contributed by atoms with Gasteiger partial charge in [0.1, 0.15) is 17.5 Å². The lowest BCUT2D eigenvalue weighted by Gasteiger charge is -2.28. The fourth-order valence-corrected chi connectivity index (χ4v) is 5.07. The van der Waals surface area contributed by atoms with Gasteiger partial charge in [-0.2, -0.15) is 4.98 Å². The Labute approximate surface area is 227 Å². The van der Waals surface area contributed by atoms with Gasteiger partial charge in [0.2, 0.25) is 11.1 Å². The zero-order valence-electron chi connectivity index (χ0n) is 21.0. The summed E-state index contributed by atoms with van der Waals surface area (Å²) in [6.45, 7) is 1.79. The third-order valence-corrected chi connectivity index (χ3v) is 7.04. The molecule has 12 heteroatoms. The number of amides is 1. The molecule has 1 atom stereocenters. The van der Waals surface area contributed by atoms with Gasteiger partial charge in [-0.3, -0.25) is 14.9 Å². The summed E-state index contributed by atoms with van der Waals surface area (Å²) in [6, 6.07) is 19.4. The average Bonchev–Trinajstić information content (AvgIpc) is 3.33. The van der Waals surface area contributed by atoms with E-state index in [0.29, 0.717) is 45.1 Å². The highest BCUT2D eigenvalue weighted by Crippen LogP contribution is 2.38. The Bertz CT molecular complexity index is 1580. The number of ether oxygens (including phenoxy) is 1. The Morgan fingerprint density at radius 3 is 2.67 bits per heavy atom. The molecule has 1 aromatic heterocycles. The number of hydrogen-bond donors (Lipinski definition) is 3. The Kier molecular flexibility index (Phi) is 7.19. The molecule has 1 amide bonds. The van der Waals surface area contributed by atoms with Gasteiger partial charge in [-0.15, -0.1) is 5.10 Å². The summed E-state index contributed by atoms with van der Waals surface area (Å²) in [5, 5.41) is 32.4. The molecule has 5 rings (SSSR count). The highest BCUT2D eigenvalue weighted by molar-refractivity contribution is 7.98. The highest BCUT2D eigenvalue weighted by atomic mass is 32.2. The predicted molar refractivity (Wildman–Crippen MR) is 147 cm³/mol. The molecule has 3 aromatic carbocycles. The number of aromatic hydroxyl groups is 1. The molecule has 4 aromatic rings. The van der Waals surface area contributed by atoms with Crippen molar-refractivity contribution >= 4 is 35.0 Å². The molecule has 1 unspecified atom stereocenters. The van der Waals surface area contributed by atoms with Gasteiger partial charge in [-0.1, -0.05) is 48.2 Å². The quantitative estimate of drug-likeness (QED) is 0.156. The number of methoxy groups -OCH3 is 1. The number of carbonyl (C=O) groups is 1. The maximum absolute atomic E-state index is 13.7. The number of anilines is 2. The fourth-order valence-electron chi connectivity index (χ4n) is 4.29. The predicted octanol–water partition coefficient (Wildman–Crippen LogP) is 5.12. The minimum atomic E-state index is -0.677. The van der Waals surface area contributed by atoms with Gasteiger partial charge < -0.3 is 20.5 Å². The standard InChI is InChI=1S/C27H24N6O5S/c1-16-23(25(35)29-21-8-3-4-9-22(21)38-2)24(18-6-5-7-20(34)14-18)32-26(28-16)30-27(31-32)39-15-17-10-12-19(13-11-17)33(36)37/h3-14,24,34H,15H2,1-2H3,(H,29,35)(H,28,30,31). The van der Waals surface area contributed by atoms with E-state index in [4.69, 9.17) is 4.74 Å². The van der Waals surface area contributed by atoms with Gasteiger partial charge in [0.05, 0.1) is 23.3 Å². The number of nitrogens with one attached hydrogen (secondary N) is 2. The summed E-state index contributed by atoms with van der Waals surface area (Å²) in [5.74, 6) is 1.15. The maximum Gasteiger partial charge on any atom is 0.269 e. The van der Waals surface area contributed by atoms with E-state index in [9.17, 15) is 20.0 Å². The largest absolute Gasteiger partial charge is 0.508 e. The first-order valence-corrected chi connectivity index (χ1v) is 12.9. The zero-order valence-corrected chi connectivity index (χ0v) is 21.8. The molecule has 3 N–H and O–H groups in total. The lowest BCUT2D eigenvalue weighted by Crippen LogP contribution is -2.31. The first-order chi connectivity index (χ1) is 18.8. The van der Waals surface area contributed by atoms with Crippen molar-refractivity contribution in [2.24, 2.45) is 0 Å². The monoisotopic (exact) mass is 544 g/mol. The smallest absolute Gasteiger partial charge is 0.269 e. The van der Waals surface area contributed by atoms with Gasteiger partial charge >= 0.3 is 0 Å². The van der Waals surface area contributed by atoms with Crippen molar-refractivity contribution in [2.45, 2.75) is 23.9 Å². The summed E-state index contributed by atoms with van der Waals surface area (Å²) in [5.41, 5.74) is 3.06. The van der Waals surface area contributed by atoms with E-state index in [1.807, 2.05) is 12.1 Å². The molecule has 0 spiro atoms. The van der Waals surface area contributed by atoms with E-state index in [1.165, 1.54) is 31.0 Å². The molecule has 0 bridgehead atoms. The molecule has 0 fully saturated rings. The van der Waals surface area contributed by atoms with Crippen molar-refractivity contribution < 1.29 is 19.6 Å². The van der Waals surface area contributed by atoms with Crippen LogP contribution < -0.4 is 15.4 Å². The van der Waals surface area contributed by atoms with Crippen LogP contribution in [0, 0.1) is 10.1 Å². The number of nitro groups is 1. The number of allylic oxidation sites excluding steroid dienone is 1. The summed E-state index contributed by atoms with van der Waals surface area (Å²) < 4.78 is 7.01. The number of fused-ring (bicyclic) bond motifs is 1. The molecule has 0 saturated carbocycles. The average molecular weight is 545 g/mol. The highest BCUT2D eigenvalue weighted by Gasteiger charge is 2.35. The van der Waals surface area contributed by atoms with E-state index in [-0.39, 0.29) is 17.3 Å². The van der Waals surface area contributed by atoms with E-state index >= 15 is 0 Å². The number of phenolic OH excluding ortho intramolecular Hbond substituents is 1. The van der Waals surface area contributed by atoms with Crippen molar-refractivity contribution in [1.82, 2.24) is 14.8 Å². The van der Waals surface area contributed by atoms with E-state index in [0.717, 1.165) is 5.56 Å². The van der Waals surface area contributed by atoms with Gasteiger partial charge in [0.25, 0.3) is 11.6 Å². The van der Waals surface area contributed by atoms with Crippen LogP contribution in [0.2, 0.25) is 0 Å². The minimum Gasteiger partial charge on any atom is -0.508 e. The van der Waals surface area contributed by atoms with Crippen molar-refractivity contribution in [3.8, 4) is 11.5 Å². The van der Waals surface area contributed by atoms with Crippen LogP contribution in [0.25, 0.3) is 0 Å². The first kappa shape index (κ1) is 25.8. The molecular weight excluding hydrogens is 520 g/mol. The van der Waals surface area contributed by atoms with Crippen LogP contribution in [0.5, 0.6) is 11.5 Å². The normalized spacial score (nSPS) is 14.4. The molecule has 0 saturated heterocycles. The molecule has 0 radical (unpaired) electrons. The molecule has 198 valence electrons. The van der Waals surface area contributed by atoms with Crippen LogP contribution in [0.4, 0.5) is 17.3 Å². The van der Waals surface area contributed by atoms with Crippen LogP contribution in [0.3, 0.4) is 0 Å². The number of phenols is 1. The van der Waals surface area contributed by atoms with Gasteiger partial charge in [0.15, 0.2) is 0 Å². The number of nitrogens with zero attached hydrogens (tertiary/aromatic N) is 4. The minimum absolute atomic E-state index is 0.0259. The number of carbonyl (C=O) groups excluding carboxylic acids is 1. The number of thioether (sulfide) groups is 1. The molecular formula is C27H24N6O5S. The lowest BCUT2D eigenvalue weighted by molar-refractivity contribution is -0.384. The number of para-hydroxylation sites is 2. The SMILES string of the molecule is COc1ccccc1NC(=O)C1=C(C)Nc2nc(SCc3ccc([N+](=O)[O-])cc3)nn2C1c1cccc(O)c1. The van der Waals surface area contributed by atoms with Crippen LogP contribution in [-0.4, -0.2) is 37.8 Å². The van der Waals surface area contributed by atoms with Crippen molar-refractivity contribution in [1.29, 1.82) is 0 Å². The second-order valence-electron chi connectivity index (χ2n) is 8.69. The molecule has 2 heterocycles. The fraction of sp³-hybridized carbons (Fsp3) is 0.148. The van der Waals surface area contributed by atoms with Crippen LogP contribution in [0.1, 0.15) is 24.1 Å². The number of nitro benzene ring substituents is 1. The van der Waals surface area contributed by atoms with E-state index in [1.54, 1.807) is 60.1 Å².